The molecule has 136 valence electrons. The first-order chi connectivity index (χ1) is 12.4. The summed E-state index contributed by atoms with van der Waals surface area (Å²) in [4.78, 5) is 11.8. The Morgan fingerprint density at radius 2 is 1.96 bits per heavy atom. The molecule has 0 saturated carbocycles. The van der Waals surface area contributed by atoms with Gasteiger partial charge in [-0.2, -0.15) is 4.31 Å². The highest BCUT2D eigenvalue weighted by molar-refractivity contribution is 7.89. The van der Waals surface area contributed by atoms with Crippen molar-refractivity contribution in [1.82, 2.24) is 4.31 Å². The number of ether oxygens (including phenoxy) is 2. The Labute approximate surface area is 150 Å². The molecule has 2 aromatic carbocycles. The van der Waals surface area contributed by atoms with Gasteiger partial charge in [0.05, 0.1) is 17.6 Å². The van der Waals surface area contributed by atoms with Crippen molar-refractivity contribution in [3.05, 3.63) is 47.3 Å². The number of sulfonamides is 1. The van der Waals surface area contributed by atoms with E-state index < -0.39 is 21.8 Å². The predicted octanol–water partition coefficient (Wildman–Crippen LogP) is 2.57. The Hall–Kier alpha value is -2.45. The SMILES string of the molecule is COC(=O)c1cc2c(cc1F)-c1ccc(S(=O)(=O)N3CCC3)cc1CO2. The van der Waals surface area contributed by atoms with Gasteiger partial charge in [-0.1, -0.05) is 6.07 Å². The molecule has 2 aromatic rings. The van der Waals surface area contributed by atoms with E-state index in [1.807, 2.05) is 0 Å². The lowest BCUT2D eigenvalue weighted by atomic mass is 9.95. The summed E-state index contributed by atoms with van der Waals surface area (Å²) in [5.74, 6) is -1.14. The van der Waals surface area contributed by atoms with E-state index in [4.69, 9.17) is 4.74 Å². The molecule has 0 radical (unpaired) electrons. The number of carbonyl (C=O) groups excluding carboxylic acids is 1. The molecule has 26 heavy (non-hydrogen) atoms. The normalized spacial score (nSPS) is 16.1. The number of benzene rings is 2. The van der Waals surface area contributed by atoms with Crippen LogP contribution in [-0.2, 0) is 21.4 Å². The van der Waals surface area contributed by atoms with Crippen LogP contribution in [-0.4, -0.2) is 38.9 Å². The number of fused-ring (bicyclic) bond motifs is 3. The zero-order valence-electron chi connectivity index (χ0n) is 14.0. The van der Waals surface area contributed by atoms with Crippen molar-refractivity contribution in [2.75, 3.05) is 20.2 Å². The van der Waals surface area contributed by atoms with Crippen LogP contribution in [0.15, 0.2) is 35.2 Å². The maximum absolute atomic E-state index is 14.3. The summed E-state index contributed by atoms with van der Waals surface area (Å²) in [6, 6.07) is 7.26. The minimum Gasteiger partial charge on any atom is -0.488 e. The number of rotatable bonds is 3. The van der Waals surface area contributed by atoms with Crippen molar-refractivity contribution >= 4 is 16.0 Å². The van der Waals surface area contributed by atoms with Crippen molar-refractivity contribution in [1.29, 1.82) is 0 Å². The van der Waals surface area contributed by atoms with Crippen LogP contribution in [0.4, 0.5) is 4.39 Å². The van der Waals surface area contributed by atoms with Gasteiger partial charge in [-0.3, -0.25) is 0 Å². The van der Waals surface area contributed by atoms with Gasteiger partial charge in [0.15, 0.2) is 0 Å². The second-order valence-electron chi connectivity index (χ2n) is 6.19. The molecule has 1 saturated heterocycles. The van der Waals surface area contributed by atoms with Crippen LogP contribution in [0.2, 0.25) is 0 Å². The van der Waals surface area contributed by atoms with Gasteiger partial charge in [0, 0.05) is 18.7 Å². The molecular formula is C18H16FNO5S. The minimum atomic E-state index is -3.50. The Bertz CT molecular complexity index is 1010. The van der Waals surface area contributed by atoms with E-state index >= 15 is 0 Å². The number of halogens is 1. The van der Waals surface area contributed by atoms with Crippen LogP contribution in [0.1, 0.15) is 22.3 Å². The van der Waals surface area contributed by atoms with E-state index in [1.165, 1.54) is 29.6 Å². The van der Waals surface area contributed by atoms with Gasteiger partial charge in [-0.05, 0) is 41.8 Å². The number of hydrogen-bond donors (Lipinski definition) is 0. The van der Waals surface area contributed by atoms with Crippen LogP contribution in [0.5, 0.6) is 5.75 Å². The van der Waals surface area contributed by atoms with Gasteiger partial charge in [-0.25, -0.2) is 17.6 Å². The molecule has 1 fully saturated rings. The summed E-state index contributed by atoms with van der Waals surface area (Å²) in [5.41, 5.74) is 1.62. The summed E-state index contributed by atoms with van der Waals surface area (Å²) in [5, 5.41) is 0. The van der Waals surface area contributed by atoms with Crippen molar-refractivity contribution in [2.45, 2.75) is 17.9 Å². The third-order valence-electron chi connectivity index (χ3n) is 4.68. The molecule has 6 nitrogen and oxygen atoms in total. The van der Waals surface area contributed by atoms with Gasteiger partial charge >= 0.3 is 5.97 Å². The molecule has 0 bridgehead atoms. The molecule has 0 unspecified atom stereocenters. The average molecular weight is 377 g/mol. The first kappa shape index (κ1) is 17.0. The second kappa shape index (κ2) is 6.07. The third-order valence-corrected chi connectivity index (χ3v) is 6.57. The minimum absolute atomic E-state index is 0.137. The average Bonchev–Trinajstić information content (AvgIpc) is 2.58. The van der Waals surface area contributed by atoms with Crippen LogP contribution in [0, 0.1) is 5.82 Å². The summed E-state index contributed by atoms with van der Waals surface area (Å²) in [6.07, 6.45) is 0.864. The molecule has 0 aromatic heterocycles. The maximum Gasteiger partial charge on any atom is 0.340 e. The largest absolute Gasteiger partial charge is 0.488 e. The summed E-state index contributed by atoms with van der Waals surface area (Å²) >= 11 is 0. The number of hydrogen-bond acceptors (Lipinski definition) is 5. The molecule has 0 aliphatic carbocycles. The quantitative estimate of drug-likeness (QED) is 0.769. The van der Waals surface area contributed by atoms with E-state index in [1.54, 1.807) is 12.1 Å². The Morgan fingerprint density at radius 3 is 2.62 bits per heavy atom. The van der Waals surface area contributed by atoms with Crippen molar-refractivity contribution in [2.24, 2.45) is 0 Å². The molecular weight excluding hydrogens is 361 g/mol. The van der Waals surface area contributed by atoms with E-state index in [0.717, 1.165) is 6.42 Å². The van der Waals surface area contributed by atoms with Gasteiger partial charge in [-0.15, -0.1) is 0 Å². The van der Waals surface area contributed by atoms with Crippen LogP contribution < -0.4 is 4.74 Å². The summed E-state index contributed by atoms with van der Waals surface area (Å²) in [6.45, 7) is 1.19. The van der Waals surface area contributed by atoms with E-state index in [0.29, 0.717) is 35.5 Å². The van der Waals surface area contributed by atoms with E-state index in [2.05, 4.69) is 4.74 Å². The van der Waals surface area contributed by atoms with Gasteiger partial charge in [0.2, 0.25) is 10.0 Å². The van der Waals surface area contributed by atoms with Crippen LogP contribution >= 0.6 is 0 Å². The highest BCUT2D eigenvalue weighted by Crippen LogP contribution is 2.40. The lowest BCUT2D eigenvalue weighted by molar-refractivity contribution is 0.0595. The summed E-state index contributed by atoms with van der Waals surface area (Å²) < 4.78 is 50.9. The van der Waals surface area contributed by atoms with Gasteiger partial charge in [0.1, 0.15) is 18.2 Å². The zero-order chi connectivity index (χ0) is 18.5. The van der Waals surface area contributed by atoms with Gasteiger partial charge < -0.3 is 9.47 Å². The lowest BCUT2D eigenvalue weighted by Crippen LogP contribution is -2.41. The zero-order valence-corrected chi connectivity index (χ0v) is 14.8. The third kappa shape index (κ3) is 2.57. The molecule has 2 aliphatic heterocycles. The van der Waals surface area contributed by atoms with Gasteiger partial charge in [0.25, 0.3) is 0 Å². The monoisotopic (exact) mass is 377 g/mol. The standard InChI is InChI=1S/C18H16FNO5S/c1-24-18(21)15-9-17-14(8-16(15)19)13-4-3-12(7-11(13)10-25-17)26(22,23)20-5-2-6-20/h3-4,7-9H,2,5-6,10H2,1H3. The Kier molecular flexibility index (Phi) is 3.96. The smallest absolute Gasteiger partial charge is 0.340 e. The topological polar surface area (TPSA) is 72.9 Å². The Morgan fingerprint density at radius 1 is 1.19 bits per heavy atom. The lowest BCUT2D eigenvalue weighted by Gasteiger charge is -2.30. The number of carbonyl (C=O) groups is 1. The fraction of sp³-hybridized carbons (Fsp3) is 0.278. The van der Waals surface area contributed by atoms with E-state index in [-0.39, 0.29) is 17.1 Å². The molecule has 8 heteroatoms. The number of methoxy groups -OCH3 is 1. The molecule has 0 spiro atoms. The molecule has 0 atom stereocenters. The maximum atomic E-state index is 14.3. The first-order valence-corrected chi connectivity index (χ1v) is 9.54. The highest BCUT2D eigenvalue weighted by atomic mass is 32.2. The first-order valence-electron chi connectivity index (χ1n) is 8.10. The molecule has 2 aliphatic rings. The fourth-order valence-electron chi connectivity index (χ4n) is 3.09. The second-order valence-corrected chi connectivity index (χ2v) is 8.12. The Balaban J connectivity index is 1.77. The fourth-order valence-corrected chi connectivity index (χ4v) is 4.66. The molecule has 0 N–H and O–H groups in total. The van der Waals surface area contributed by atoms with E-state index in [9.17, 15) is 17.6 Å². The molecule has 2 heterocycles. The molecule has 0 amide bonds. The molecule has 4 rings (SSSR count). The van der Waals surface area contributed by atoms with Crippen molar-refractivity contribution < 1.29 is 27.1 Å². The van der Waals surface area contributed by atoms with Crippen molar-refractivity contribution in [3.63, 3.8) is 0 Å². The number of esters is 1. The van der Waals surface area contributed by atoms with Crippen LogP contribution in [0.3, 0.4) is 0 Å². The van der Waals surface area contributed by atoms with Crippen LogP contribution in [0.25, 0.3) is 11.1 Å². The van der Waals surface area contributed by atoms with Crippen molar-refractivity contribution in [3.8, 4) is 16.9 Å². The highest BCUT2D eigenvalue weighted by Gasteiger charge is 2.31. The summed E-state index contributed by atoms with van der Waals surface area (Å²) in [7, 11) is -2.32. The predicted molar refractivity (Wildman–Crippen MR) is 90.9 cm³/mol. The number of nitrogens with zero attached hydrogens (tertiary/aromatic N) is 1.